The fourth-order valence-corrected chi connectivity index (χ4v) is 1.52. The van der Waals surface area contributed by atoms with Crippen molar-refractivity contribution in [2.75, 3.05) is 0 Å². The number of aromatic nitrogens is 1. The van der Waals surface area contributed by atoms with Gasteiger partial charge in [0.25, 0.3) is 0 Å². The molecule has 0 aliphatic rings. The maximum Gasteiger partial charge on any atom is 0.0842 e. The van der Waals surface area contributed by atoms with E-state index in [4.69, 9.17) is 5.11 Å². The second-order valence-electron chi connectivity index (χ2n) is 3.61. The lowest BCUT2D eigenvalue weighted by Crippen LogP contribution is -1.87. The second kappa shape index (κ2) is 4.62. The van der Waals surface area contributed by atoms with E-state index in [1.807, 2.05) is 37.3 Å². The summed E-state index contributed by atoms with van der Waals surface area (Å²) in [7, 11) is 0. The molecule has 1 aromatic carbocycles. The van der Waals surface area contributed by atoms with Gasteiger partial charge >= 0.3 is 0 Å². The highest BCUT2D eigenvalue weighted by Gasteiger charge is 2.01. The van der Waals surface area contributed by atoms with Crippen molar-refractivity contribution >= 4 is 5.57 Å². The van der Waals surface area contributed by atoms with Crippen LogP contribution in [0.1, 0.15) is 12.6 Å². The molecule has 80 valence electrons. The second-order valence-corrected chi connectivity index (χ2v) is 3.61. The maximum atomic E-state index is 8.95. The van der Waals surface area contributed by atoms with Crippen molar-refractivity contribution < 1.29 is 5.11 Å². The summed E-state index contributed by atoms with van der Waals surface area (Å²) in [4.78, 5) is 4.21. The number of aliphatic hydroxyl groups excluding tert-OH is 1. The number of hydrogen-bond acceptors (Lipinski definition) is 2. The van der Waals surface area contributed by atoms with Crippen LogP contribution >= 0.6 is 0 Å². The number of allylic oxidation sites excluding steroid dienone is 1. The van der Waals surface area contributed by atoms with Crippen LogP contribution in [0.25, 0.3) is 16.7 Å². The Hall–Kier alpha value is -2.09. The van der Waals surface area contributed by atoms with Crippen molar-refractivity contribution in [2.24, 2.45) is 0 Å². The van der Waals surface area contributed by atoms with Gasteiger partial charge in [-0.05, 0) is 30.2 Å². The van der Waals surface area contributed by atoms with Gasteiger partial charge in [0.05, 0.1) is 12.0 Å². The van der Waals surface area contributed by atoms with Gasteiger partial charge < -0.3 is 5.11 Å². The topological polar surface area (TPSA) is 33.1 Å². The fourth-order valence-electron chi connectivity index (χ4n) is 1.52. The van der Waals surface area contributed by atoms with Crippen LogP contribution in [0.5, 0.6) is 0 Å². The number of aliphatic hydroxyl groups is 1. The van der Waals surface area contributed by atoms with Gasteiger partial charge in [0.1, 0.15) is 0 Å². The van der Waals surface area contributed by atoms with Crippen LogP contribution in [0.3, 0.4) is 0 Å². The van der Waals surface area contributed by atoms with Crippen molar-refractivity contribution in [3.05, 3.63) is 60.6 Å². The van der Waals surface area contributed by atoms with Gasteiger partial charge in [0, 0.05) is 11.8 Å². The van der Waals surface area contributed by atoms with Crippen LogP contribution in [-0.2, 0) is 0 Å². The molecule has 1 heterocycles. The average molecular weight is 211 g/mol. The van der Waals surface area contributed by atoms with E-state index in [2.05, 4.69) is 17.1 Å². The lowest BCUT2D eigenvalue weighted by molar-refractivity contribution is 0.475. The number of hydrogen-bond donors (Lipinski definition) is 1. The Labute approximate surface area is 94.9 Å². The lowest BCUT2D eigenvalue weighted by Gasteiger charge is -2.04. The quantitative estimate of drug-likeness (QED) is 0.769. The molecule has 0 saturated heterocycles. The minimum atomic E-state index is 0.762. The maximum absolute atomic E-state index is 8.95. The first-order chi connectivity index (χ1) is 7.81. The van der Waals surface area contributed by atoms with Crippen LogP contribution in [-0.4, -0.2) is 10.1 Å². The minimum Gasteiger partial charge on any atom is -0.515 e. The largest absolute Gasteiger partial charge is 0.515 e. The van der Waals surface area contributed by atoms with Crippen LogP contribution in [0.15, 0.2) is 54.9 Å². The molecule has 1 N–H and O–H groups in total. The Morgan fingerprint density at radius 3 is 2.56 bits per heavy atom. The molecule has 0 aliphatic heterocycles. The smallest absolute Gasteiger partial charge is 0.0842 e. The van der Waals surface area contributed by atoms with Crippen LogP contribution in [0.4, 0.5) is 0 Å². The highest BCUT2D eigenvalue weighted by Crippen LogP contribution is 2.21. The van der Waals surface area contributed by atoms with Crippen molar-refractivity contribution in [1.82, 2.24) is 4.98 Å². The minimum absolute atomic E-state index is 0.762. The molecule has 0 aliphatic carbocycles. The molecule has 0 amide bonds. The van der Waals surface area contributed by atoms with Gasteiger partial charge in [-0.15, -0.1) is 0 Å². The fraction of sp³-hybridized carbons (Fsp3) is 0.0714. The summed E-state index contributed by atoms with van der Waals surface area (Å²) in [6, 6.07) is 14.0. The van der Waals surface area contributed by atoms with Gasteiger partial charge in [0.2, 0.25) is 0 Å². The summed E-state index contributed by atoms with van der Waals surface area (Å²) in [6.07, 6.45) is 2.84. The van der Waals surface area contributed by atoms with E-state index in [1.54, 1.807) is 6.20 Å². The lowest BCUT2D eigenvalue weighted by atomic mass is 10.0. The third kappa shape index (κ3) is 2.11. The van der Waals surface area contributed by atoms with Crippen molar-refractivity contribution in [3.63, 3.8) is 0 Å². The Kier molecular flexibility index (Phi) is 3.01. The van der Waals surface area contributed by atoms with E-state index in [-0.39, 0.29) is 0 Å². The van der Waals surface area contributed by atoms with E-state index in [9.17, 15) is 0 Å². The van der Waals surface area contributed by atoms with E-state index in [0.29, 0.717) is 0 Å². The standard InChI is InChI=1S/C14H13NO/c1-11(10-16)14-9-13(7-8-15-14)12-5-3-2-4-6-12/h2-10,16H,1H3/b11-10-. The number of benzene rings is 1. The summed E-state index contributed by atoms with van der Waals surface area (Å²) in [6.45, 7) is 1.83. The molecular formula is C14H13NO. The molecule has 0 radical (unpaired) electrons. The zero-order valence-electron chi connectivity index (χ0n) is 9.09. The first-order valence-electron chi connectivity index (χ1n) is 5.14. The highest BCUT2D eigenvalue weighted by atomic mass is 16.2. The molecular weight excluding hydrogens is 198 g/mol. The molecule has 0 unspecified atom stereocenters. The molecule has 0 spiro atoms. The molecule has 2 heteroatoms. The van der Waals surface area contributed by atoms with Crippen molar-refractivity contribution in [3.8, 4) is 11.1 Å². The third-order valence-electron chi connectivity index (χ3n) is 2.46. The first kappa shape index (κ1) is 10.4. The molecule has 0 fully saturated rings. The summed E-state index contributed by atoms with van der Waals surface area (Å²) in [5.74, 6) is 0. The molecule has 2 nitrogen and oxygen atoms in total. The molecule has 0 atom stereocenters. The highest BCUT2D eigenvalue weighted by molar-refractivity contribution is 5.68. The molecule has 16 heavy (non-hydrogen) atoms. The number of rotatable bonds is 2. The van der Waals surface area contributed by atoms with Crippen LogP contribution < -0.4 is 0 Å². The Morgan fingerprint density at radius 1 is 1.12 bits per heavy atom. The SMILES string of the molecule is C/C(=C/O)c1cc(-c2ccccc2)ccn1. The molecule has 0 saturated carbocycles. The normalized spacial score (nSPS) is 11.4. The predicted octanol–water partition coefficient (Wildman–Crippen LogP) is 3.67. The van der Waals surface area contributed by atoms with Gasteiger partial charge in [-0.1, -0.05) is 30.3 Å². The number of nitrogens with zero attached hydrogens (tertiary/aromatic N) is 1. The molecule has 2 aromatic rings. The zero-order chi connectivity index (χ0) is 11.4. The van der Waals surface area contributed by atoms with Gasteiger partial charge in [-0.25, -0.2) is 0 Å². The summed E-state index contributed by atoms with van der Waals surface area (Å²) in [5.41, 5.74) is 3.81. The van der Waals surface area contributed by atoms with Gasteiger partial charge in [0.15, 0.2) is 0 Å². The van der Waals surface area contributed by atoms with E-state index < -0.39 is 0 Å². The average Bonchev–Trinajstić information content (AvgIpc) is 2.39. The Balaban J connectivity index is 2.44. The molecule has 1 aromatic heterocycles. The summed E-state index contributed by atoms with van der Waals surface area (Å²) >= 11 is 0. The first-order valence-corrected chi connectivity index (χ1v) is 5.14. The van der Waals surface area contributed by atoms with Crippen molar-refractivity contribution in [1.29, 1.82) is 0 Å². The summed E-state index contributed by atoms with van der Waals surface area (Å²) < 4.78 is 0. The van der Waals surface area contributed by atoms with Crippen LogP contribution in [0.2, 0.25) is 0 Å². The summed E-state index contributed by atoms with van der Waals surface area (Å²) in [5, 5.41) is 8.95. The van der Waals surface area contributed by atoms with E-state index in [1.165, 1.54) is 0 Å². The monoisotopic (exact) mass is 211 g/mol. The van der Waals surface area contributed by atoms with Crippen LogP contribution in [0, 0.1) is 0 Å². The van der Waals surface area contributed by atoms with E-state index in [0.717, 1.165) is 28.7 Å². The Morgan fingerprint density at radius 2 is 1.88 bits per heavy atom. The van der Waals surface area contributed by atoms with Gasteiger partial charge in [-0.2, -0.15) is 0 Å². The Bertz CT molecular complexity index is 503. The molecule has 0 bridgehead atoms. The predicted molar refractivity (Wildman–Crippen MR) is 66.0 cm³/mol. The third-order valence-corrected chi connectivity index (χ3v) is 2.46. The van der Waals surface area contributed by atoms with Gasteiger partial charge in [-0.3, -0.25) is 4.98 Å². The zero-order valence-corrected chi connectivity index (χ0v) is 9.09. The number of pyridine rings is 1. The van der Waals surface area contributed by atoms with Crippen molar-refractivity contribution in [2.45, 2.75) is 6.92 Å². The van der Waals surface area contributed by atoms with E-state index >= 15 is 0 Å². The molecule has 2 rings (SSSR count).